The second-order valence-corrected chi connectivity index (χ2v) is 23.5. The monoisotopic (exact) mass is 1030 g/mol. The van der Waals surface area contributed by atoms with E-state index in [-0.39, 0.29) is 16.9 Å². The molecule has 6 heterocycles. The number of hydrogen-bond acceptors (Lipinski definition) is 22. The SMILES string of the molecule is C[C@H]1CC[C@@]2(OC1)O[C@H]1C[C@H]3[C@@H]4CC=C5C[C@@H](O[C@@H]6O[C@H](CO)[C@H](O[C@@H]7O[C@H](CO)[C@@H](O)[C@H](O[C@@H]8OC[C@@H](O)[C@H](O)[C@H]8O)[C@H]7O[C@H]7O[C@@H](CO)[C@H](O)[C@@H](O)[C@@H]7O)[C@H](O)[C@H]6O)CC[C@]5(C)[C@H]4CC[C@]3(C)[C@H]1[C@@H]2C. The molecule has 10 rings (SSSR count). The summed E-state index contributed by atoms with van der Waals surface area (Å²) < 4.78 is 61.3. The Morgan fingerprint density at radius 3 is 1.94 bits per heavy atom. The highest BCUT2D eigenvalue weighted by Crippen LogP contribution is 2.70. The normalized spacial score (nSPS) is 56.7. The van der Waals surface area contributed by atoms with Crippen LogP contribution in [0.1, 0.15) is 85.5 Å². The highest BCUT2D eigenvalue weighted by Gasteiger charge is 2.69. The van der Waals surface area contributed by atoms with Gasteiger partial charge in [-0.2, -0.15) is 0 Å². The lowest BCUT2D eigenvalue weighted by molar-refractivity contribution is -0.403. The molecule has 412 valence electrons. The van der Waals surface area contributed by atoms with Crippen LogP contribution in [-0.2, 0) is 47.4 Å². The first-order valence-electron chi connectivity index (χ1n) is 26.4. The van der Waals surface area contributed by atoms with Gasteiger partial charge in [-0.05, 0) is 91.8 Å². The van der Waals surface area contributed by atoms with Crippen LogP contribution in [0.2, 0.25) is 0 Å². The summed E-state index contributed by atoms with van der Waals surface area (Å²) in [6, 6.07) is 0. The Labute approximate surface area is 419 Å². The molecule has 12 N–H and O–H groups in total. The van der Waals surface area contributed by atoms with Gasteiger partial charge in [0.2, 0.25) is 0 Å². The molecule has 4 aliphatic carbocycles. The number of aliphatic hydroxyl groups is 12. The molecule has 9 fully saturated rings. The molecule has 30 atom stereocenters. The van der Waals surface area contributed by atoms with Gasteiger partial charge in [0.1, 0.15) is 91.6 Å². The Morgan fingerprint density at radius 1 is 0.597 bits per heavy atom. The summed E-state index contributed by atoms with van der Waals surface area (Å²) in [7, 11) is 0. The summed E-state index contributed by atoms with van der Waals surface area (Å²) >= 11 is 0. The molecule has 0 aromatic heterocycles. The molecular weight excluding hydrogens is 953 g/mol. The van der Waals surface area contributed by atoms with Gasteiger partial charge in [-0.25, -0.2) is 0 Å². The predicted octanol–water partition coefficient (Wildman–Crippen LogP) is -2.35. The van der Waals surface area contributed by atoms with Crippen molar-refractivity contribution in [1.82, 2.24) is 0 Å². The average Bonchev–Trinajstić information content (AvgIpc) is 3.82. The van der Waals surface area contributed by atoms with Gasteiger partial charge >= 0.3 is 0 Å². The van der Waals surface area contributed by atoms with Crippen molar-refractivity contribution in [3.05, 3.63) is 11.6 Å². The van der Waals surface area contributed by atoms with Gasteiger partial charge in [0, 0.05) is 12.3 Å². The smallest absolute Gasteiger partial charge is 0.187 e. The van der Waals surface area contributed by atoms with Crippen molar-refractivity contribution in [3.63, 3.8) is 0 Å². The first-order valence-corrected chi connectivity index (χ1v) is 26.4. The molecule has 0 aromatic rings. The maximum absolute atomic E-state index is 11.8. The standard InChI is InChI=1S/C50H80O22/c1-20-7-12-50(64-18-20)21(2)32-28(72-50)14-26-24-6-5-22-13-23(8-10-48(22,3)25(24)9-11-49(26,32)4)65-45-40(62)37(59)41(31(17-53)68-45)69-47-43(71-46-39(61)36(58)34(56)29(15-51)66-46)42(35(57)30(16-52)67-47)70-44-38(60)33(55)27(54)19-63-44/h5,20-21,23-47,51-62H,6-19H2,1-4H3/t20-,21-,23-,24+,25-,26-,27+,28-,29-,30+,31+,32-,33-,34-,35+,36+,37+,38+,39-,40+,41-,42-,43+,44-,45+,46+,47-,48-,49-,50+/m0/s1. The first kappa shape index (κ1) is 54.2. The van der Waals surface area contributed by atoms with Crippen molar-refractivity contribution >= 4 is 0 Å². The van der Waals surface area contributed by atoms with E-state index in [4.69, 9.17) is 47.4 Å². The van der Waals surface area contributed by atoms with E-state index in [1.54, 1.807) is 0 Å². The van der Waals surface area contributed by atoms with Crippen molar-refractivity contribution in [2.75, 3.05) is 33.0 Å². The van der Waals surface area contributed by atoms with Gasteiger partial charge in [-0.3, -0.25) is 0 Å². The van der Waals surface area contributed by atoms with E-state index >= 15 is 0 Å². The van der Waals surface area contributed by atoms with Crippen LogP contribution in [0, 0.1) is 46.3 Å². The quantitative estimate of drug-likeness (QED) is 0.0964. The van der Waals surface area contributed by atoms with E-state index in [2.05, 4.69) is 33.8 Å². The molecule has 10 aliphatic rings. The van der Waals surface area contributed by atoms with Crippen LogP contribution >= 0.6 is 0 Å². The zero-order valence-corrected chi connectivity index (χ0v) is 41.5. The number of allylic oxidation sites excluding steroid dienone is 1. The highest BCUT2D eigenvalue weighted by atomic mass is 16.8. The summed E-state index contributed by atoms with van der Waals surface area (Å²) in [6.45, 7) is 7.28. The maximum Gasteiger partial charge on any atom is 0.187 e. The van der Waals surface area contributed by atoms with Gasteiger partial charge in [-0.1, -0.05) is 39.3 Å². The van der Waals surface area contributed by atoms with Gasteiger partial charge in [0.15, 0.2) is 30.9 Å². The second kappa shape index (κ2) is 20.9. The molecule has 0 unspecified atom stereocenters. The number of ether oxygens (including phenoxy) is 10. The molecule has 3 saturated carbocycles. The van der Waals surface area contributed by atoms with Crippen molar-refractivity contribution in [2.24, 2.45) is 46.3 Å². The third-order valence-electron chi connectivity index (χ3n) is 19.4. The van der Waals surface area contributed by atoms with Crippen LogP contribution in [0.5, 0.6) is 0 Å². The number of hydrogen-bond donors (Lipinski definition) is 12. The number of rotatable bonds is 11. The molecule has 0 amide bonds. The van der Waals surface area contributed by atoms with Crippen LogP contribution in [0.15, 0.2) is 11.6 Å². The fraction of sp³-hybridized carbons (Fsp3) is 0.960. The molecule has 0 radical (unpaired) electrons. The van der Waals surface area contributed by atoms with Gasteiger partial charge in [0.25, 0.3) is 0 Å². The third kappa shape index (κ3) is 9.18. The van der Waals surface area contributed by atoms with Crippen LogP contribution < -0.4 is 0 Å². The average molecular weight is 1030 g/mol. The molecule has 0 aromatic carbocycles. The van der Waals surface area contributed by atoms with Crippen molar-refractivity contribution in [3.8, 4) is 0 Å². The minimum atomic E-state index is -2.00. The molecular formula is C50H80O22. The Morgan fingerprint density at radius 2 is 1.24 bits per heavy atom. The molecule has 22 nitrogen and oxygen atoms in total. The van der Waals surface area contributed by atoms with Crippen LogP contribution in [0.25, 0.3) is 0 Å². The van der Waals surface area contributed by atoms with Gasteiger partial charge in [-0.15, -0.1) is 0 Å². The highest BCUT2D eigenvalue weighted by molar-refractivity contribution is 5.26. The van der Waals surface area contributed by atoms with E-state index in [1.165, 1.54) is 5.57 Å². The Kier molecular flexibility index (Phi) is 15.7. The number of aliphatic hydroxyl groups excluding tert-OH is 12. The third-order valence-corrected chi connectivity index (χ3v) is 19.4. The van der Waals surface area contributed by atoms with Crippen molar-refractivity contribution < 1.29 is 109 Å². The molecule has 1 spiro atoms. The lowest BCUT2D eigenvalue weighted by Gasteiger charge is -2.58. The first-order chi connectivity index (χ1) is 34.3. The number of fused-ring (bicyclic) bond motifs is 7. The molecule has 0 bridgehead atoms. The van der Waals surface area contributed by atoms with E-state index < -0.39 is 155 Å². The predicted molar refractivity (Wildman–Crippen MR) is 242 cm³/mol. The lowest BCUT2D eigenvalue weighted by atomic mass is 9.47. The van der Waals surface area contributed by atoms with E-state index in [0.29, 0.717) is 48.3 Å². The fourth-order valence-electron chi connectivity index (χ4n) is 15.3. The molecule has 72 heavy (non-hydrogen) atoms. The second-order valence-electron chi connectivity index (χ2n) is 23.5. The molecule has 6 saturated heterocycles. The van der Waals surface area contributed by atoms with Crippen molar-refractivity contribution in [2.45, 2.75) is 220 Å². The zero-order valence-electron chi connectivity index (χ0n) is 41.5. The Bertz CT molecular complexity index is 1890. The summed E-state index contributed by atoms with van der Waals surface area (Å²) in [5.41, 5.74) is 1.44. The molecule has 22 heteroatoms. The van der Waals surface area contributed by atoms with E-state index in [1.807, 2.05) is 0 Å². The van der Waals surface area contributed by atoms with Crippen LogP contribution in [0.3, 0.4) is 0 Å². The largest absolute Gasteiger partial charge is 0.394 e. The van der Waals surface area contributed by atoms with Crippen LogP contribution in [0.4, 0.5) is 0 Å². The summed E-state index contributed by atoms with van der Waals surface area (Å²) in [5, 5.41) is 129. The lowest BCUT2D eigenvalue weighted by Crippen LogP contribution is -2.68. The Hall–Kier alpha value is -1.14. The summed E-state index contributed by atoms with van der Waals surface area (Å²) in [4.78, 5) is 0. The summed E-state index contributed by atoms with van der Waals surface area (Å²) in [6.07, 6.45) is -22.3. The van der Waals surface area contributed by atoms with E-state index in [0.717, 1.165) is 51.6 Å². The minimum Gasteiger partial charge on any atom is -0.394 e. The van der Waals surface area contributed by atoms with Crippen molar-refractivity contribution in [1.29, 1.82) is 0 Å². The van der Waals surface area contributed by atoms with Gasteiger partial charge in [0.05, 0.1) is 45.2 Å². The topological polar surface area (TPSA) is 335 Å². The fourth-order valence-corrected chi connectivity index (χ4v) is 15.3. The zero-order chi connectivity index (χ0) is 51.3. The molecule has 6 aliphatic heterocycles. The minimum absolute atomic E-state index is 0.0473. The van der Waals surface area contributed by atoms with Crippen LogP contribution in [-0.4, -0.2) is 229 Å². The van der Waals surface area contributed by atoms with Gasteiger partial charge < -0.3 is 109 Å². The summed E-state index contributed by atoms with van der Waals surface area (Å²) in [5.74, 6) is 2.46. The maximum atomic E-state index is 11.8. The Balaban J connectivity index is 0.826. The van der Waals surface area contributed by atoms with E-state index in [9.17, 15) is 61.3 Å².